The van der Waals surface area contributed by atoms with Gasteiger partial charge >= 0.3 is 0 Å². The molecule has 2 rings (SSSR count). The van der Waals surface area contributed by atoms with Crippen LogP contribution in [0.15, 0.2) is 29.2 Å². The van der Waals surface area contributed by atoms with Gasteiger partial charge in [-0.25, -0.2) is 0 Å². The van der Waals surface area contributed by atoms with Gasteiger partial charge in [-0.1, -0.05) is 0 Å². The van der Waals surface area contributed by atoms with Gasteiger partial charge in [0, 0.05) is 30.1 Å². The molecule has 21 heavy (non-hydrogen) atoms. The number of halogens is 1. The Kier molecular flexibility index (Phi) is 6.94. The number of nitrogens with two attached hydrogens (primary N) is 1. The maximum absolute atomic E-state index is 12.0. The summed E-state index contributed by atoms with van der Waals surface area (Å²) < 4.78 is 0. The predicted molar refractivity (Wildman–Crippen MR) is 84.8 cm³/mol. The molecule has 1 heterocycles. The molecule has 1 aliphatic heterocycles. The fraction of sp³-hybridized carbons (Fsp3) is 0.462. The number of hydrogen-bond acceptors (Lipinski definition) is 5. The van der Waals surface area contributed by atoms with Crippen molar-refractivity contribution in [3.8, 4) is 0 Å². The van der Waals surface area contributed by atoms with Crippen LogP contribution in [0.2, 0.25) is 0 Å². The van der Waals surface area contributed by atoms with E-state index in [4.69, 9.17) is 5.73 Å². The molecule has 1 unspecified atom stereocenters. The van der Waals surface area contributed by atoms with Gasteiger partial charge < -0.3 is 10.6 Å². The third-order valence-electron chi connectivity index (χ3n) is 3.38. The lowest BCUT2D eigenvalue weighted by Crippen LogP contribution is -2.31. The van der Waals surface area contributed by atoms with Crippen molar-refractivity contribution in [2.24, 2.45) is 11.7 Å². The lowest BCUT2D eigenvalue weighted by Gasteiger charge is -2.15. The van der Waals surface area contributed by atoms with Gasteiger partial charge in [0.15, 0.2) is 0 Å². The molecule has 1 amide bonds. The van der Waals surface area contributed by atoms with E-state index in [0.29, 0.717) is 18.2 Å². The van der Waals surface area contributed by atoms with Crippen LogP contribution in [0.5, 0.6) is 0 Å². The van der Waals surface area contributed by atoms with E-state index in [1.807, 2.05) is 4.90 Å². The number of nitro benzene ring substituents is 1. The second kappa shape index (κ2) is 8.21. The fourth-order valence-electron chi connectivity index (χ4n) is 2.15. The summed E-state index contributed by atoms with van der Waals surface area (Å²) in [5.74, 6) is 0.877. The van der Waals surface area contributed by atoms with E-state index in [1.54, 1.807) is 12.1 Å². The number of carbonyl (C=O) groups is 1. The third kappa shape index (κ3) is 4.87. The van der Waals surface area contributed by atoms with E-state index in [9.17, 15) is 14.9 Å². The number of likely N-dealkylation sites (tertiary alicyclic amines) is 1. The number of benzene rings is 1. The van der Waals surface area contributed by atoms with E-state index in [-0.39, 0.29) is 24.0 Å². The molecule has 0 bridgehead atoms. The number of thioether (sulfide) groups is 1. The third-order valence-corrected chi connectivity index (χ3v) is 4.38. The highest BCUT2D eigenvalue weighted by atomic mass is 35.5. The summed E-state index contributed by atoms with van der Waals surface area (Å²) in [4.78, 5) is 24.8. The molecule has 116 valence electrons. The Hall–Kier alpha value is -1.31. The number of hydrogen-bond donors (Lipinski definition) is 1. The molecular weight excluding hydrogens is 314 g/mol. The minimum Gasteiger partial charge on any atom is -0.342 e. The summed E-state index contributed by atoms with van der Waals surface area (Å²) in [7, 11) is 0. The summed E-state index contributed by atoms with van der Waals surface area (Å²) >= 11 is 1.40. The lowest BCUT2D eigenvalue weighted by molar-refractivity contribution is -0.384. The molecule has 1 aromatic carbocycles. The molecular formula is C13H18ClN3O3S. The van der Waals surface area contributed by atoms with Crippen molar-refractivity contribution >= 4 is 35.8 Å². The van der Waals surface area contributed by atoms with Crippen molar-refractivity contribution in [1.29, 1.82) is 0 Å². The molecule has 0 aromatic heterocycles. The van der Waals surface area contributed by atoms with Crippen LogP contribution in [0.3, 0.4) is 0 Å². The van der Waals surface area contributed by atoms with E-state index in [0.717, 1.165) is 24.4 Å². The maximum Gasteiger partial charge on any atom is 0.269 e. The second-order valence-corrected chi connectivity index (χ2v) is 5.82. The number of nitrogens with zero attached hydrogens (tertiary/aromatic N) is 2. The van der Waals surface area contributed by atoms with E-state index >= 15 is 0 Å². The van der Waals surface area contributed by atoms with E-state index in [1.165, 1.54) is 23.9 Å². The van der Waals surface area contributed by atoms with Crippen LogP contribution in [-0.4, -0.2) is 41.1 Å². The van der Waals surface area contributed by atoms with Gasteiger partial charge in [-0.15, -0.1) is 24.2 Å². The van der Waals surface area contributed by atoms with Crippen LogP contribution < -0.4 is 5.73 Å². The molecule has 0 spiro atoms. The molecule has 1 aromatic rings. The van der Waals surface area contributed by atoms with Gasteiger partial charge in [-0.2, -0.15) is 0 Å². The lowest BCUT2D eigenvalue weighted by atomic mass is 10.1. The molecule has 6 nitrogen and oxygen atoms in total. The first-order valence-electron chi connectivity index (χ1n) is 6.45. The van der Waals surface area contributed by atoms with Gasteiger partial charge in [-0.05, 0) is 31.0 Å². The first-order chi connectivity index (χ1) is 9.60. The standard InChI is InChI=1S/C13H17N3O3S.ClH/c14-7-10-5-6-15(8-10)13(17)9-20-12-3-1-11(2-4-12)16(18)19;/h1-4,10H,5-9,14H2;1H. The van der Waals surface area contributed by atoms with Crippen LogP contribution in [0.4, 0.5) is 5.69 Å². The Morgan fingerprint density at radius 3 is 2.62 bits per heavy atom. The number of non-ortho nitro benzene ring substituents is 1. The van der Waals surface area contributed by atoms with Crippen molar-refractivity contribution in [2.75, 3.05) is 25.4 Å². The van der Waals surface area contributed by atoms with Crippen molar-refractivity contribution in [1.82, 2.24) is 4.90 Å². The number of rotatable bonds is 5. The van der Waals surface area contributed by atoms with Crippen LogP contribution >= 0.6 is 24.2 Å². The van der Waals surface area contributed by atoms with Crippen molar-refractivity contribution < 1.29 is 9.72 Å². The Labute approximate surface area is 133 Å². The Morgan fingerprint density at radius 2 is 2.10 bits per heavy atom. The van der Waals surface area contributed by atoms with Crippen molar-refractivity contribution in [3.05, 3.63) is 34.4 Å². The average Bonchev–Trinajstić information content (AvgIpc) is 2.94. The number of nitro groups is 1. The maximum atomic E-state index is 12.0. The molecule has 0 radical (unpaired) electrons. The molecule has 1 atom stereocenters. The average molecular weight is 332 g/mol. The first kappa shape index (κ1) is 17.7. The highest BCUT2D eigenvalue weighted by Crippen LogP contribution is 2.23. The van der Waals surface area contributed by atoms with Crippen molar-refractivity contribution in [2.45, 2.75) is 11.3 Å². The number of carbonyl (C=O) groups excluding carboxylic acids is 1. The number of amides is 1. The Balaban J connectivity index is 0.00000220. The molecule has 1 fully saturated rings. The van der Waals surface area contributed by atoms with Crippen LogP contribution in [0.25, 0.3) is 0 Å². The molecule has 2 N–H and O–H groups in total. The predicted octanol–water partition coefficient (Wildman–Crippen LogP) is 1.92. The quantitative estimate of drug-likeness (QED) is 0.505. The summed E-state index contributed by atoms with van der Waals surface area (Å²) in [5, 5.41) is 10.5. The smallest absolute Gasteiger partial charge is 0.269 e. The van der Waals surface area contributed by atoms with E-state index in [2.05, 4.69) is 0 Å². The Morgan fingerprint density at radius 1 is 1.43 bits per heavy atom. The minimum atomic E-state index is -0.434. The first-order valence-corrected chi connectivity index (χ1v) is 7.44. The fourth-order valence-corrected chi connectivity index (χ4v) is 2.95. The molecule has 1 saturated heterocycles. The van der Waals surface area contributed by atoms with Crippen molar-refractivity contribution in [3.63, 3.8) is 0 Å². The normalized spacial score (nSPS) is 17.4. The van der Waals surface area contributed by atoms with E-state index < -0.39 is 4.92 Å². The van der Waals surface area contributed by atoms with Gasteiger partial charge in [-0.3, -0.25) is 14.9 Å². The molecule has 0 saturated carbocycles. The zero-order valence-corrected chi connectivity index (χ0v) is 13.1. The minimum absolute atomic E-state index is 0. The highest BCUT2D eigenvalue weighted by molar-refractivity contribution is 8.00. The van der Waals surface area contributed by atoms with Crippen LogP contribution in [0.1, 0.15) is 6.42 Å². The zero-order chi connectivity index (χ0) is 14.5. The van der Waals surface area contributed by atoms with Gasteiger partial charge in [0.05, 0.1) is 10.7 Å². The van der Waals surface area contributed by atoms with Gasteiger partial charge in [0.1, 0.15) is 0 Å². The van der Waals surface area contributed by atoms with Gasteiger partial charge in [0.25, 0.3) is 5.69 Å². The monoisotopic (exact) mass is 331 g/mol. The molecule has 8 heteroatoms. The highest BCUT2D eigenvalue weighted by Gasteiger charge is 2.24. The zero-order valence-electron chi connectivity index (χ0n) is 11.4. The van der Waals surface area contributed by atoms with Gasteiger partial charge in [0.2, 0.25) is 5.91 Å². The molecule has 0 aliphatic carbocycles. The van der Waals surface area contributed by atoms with Crippen LogP contribution in [-0.2, 0) is 4.79 Å². The Bertz CT molecular complexity index is 498. The van der Waals surface area contributed by atoms with Crippen LogP contribution in [0, 0.1) is 16.0 Å². The largest absolute Gasteiger partial charge is 0.342 e. The molecule has 1 aliphatic rings. The summed E-state index contributed by atoms with van der Waals surface area (Å²) in [6.45, 7) is 2.15. The summed E-state index contributed by atoms with van der Waals surface area (Å²) in [6, 6.07) is 6.24. The summed E-state index contributed by atoms with van der Waals surface area (Å²) in [5.41, 5.74) is 5.66. The second-order valence-electron chi connectivity index (χ2n) is 4.77. The summed E-state index contributed by atoms with van der Waals surface area (Å²) in [6.07, 6.45) is 0.977. The topological polar surface area (TPSA) is 89.5 Å². The SMILES string of the molecule is Cl.NCC1CCN(C(=O)CSc2ccc([N+](=O)[O-])cc2)C1.